The van der Waals surface area contributed by atoms with Crippen LogP contribution in [-0.2, 0) is 0 Å². The molecule has 0 bridgehead atoms. The number of amides is 2. The summed E-state index contributed by atoms with van der Waals surface area (Å²) in [6, 6.07) is 4.60. The molecule has 2 amide bonds. The Morgan fingerprint density at radius 2 is 1.92 bits per heavy atom. The van der Waals surface area contributed by atoms with Crippen molar-refractivity contribution in [1.82, 2.24) is 14.9 Å². The quantitative estimate of drug-likeness (QED) is 0.646. The third-order valence-corrected chi connectivity index (χ3v) is 3.69. The van der Waals surface area contributed by atoms with Gasteiger partial charge in [0.1, 0.15) is 11.9 Å². The molecule has 0 aliphatic heterocycles. The van der Waals surface area contributed by atoms with Crippen molar-refractivity contribution < 1.29 is 9.72 Å². The van der Waals surface area contributed by atoms with Gasteiger partial charge in [-0.1, -0.05) is 6.92 Å². The van der Waals surface area contributed by atoms with Crippen molar-refractivity contribution in [3.8, 4) is 0 Å². The van der Waals surface area contributed by atoms with E-state index in [-0.39, 0.29) is 17.4 Å². The molecule has 0 aliphatic carbocycles. The Labute approximate surface area is 139 Å². The summed E-state index contributed by atoms with van der Waals surface area (Å²) in [6.45, 7) is 4.31. The molecule has 2 rings (SSSR count). The zero-order valence-corrected chi connectivity index (χ0v) is 13.5. The maximum atomic E-state index is 12.6. The zero-order valence-electron chi connectivity index (χ0n) is 13.5. The van der Waals surface area contributed by atoms with Gasteiger partial charge in [-0.05, 0) is 37.1 Å². The van der Waals surface area contributed by atoms with E-state index >= 15 is 0 Å². The van der Waals surface area contributed by atoms with Gasteiger partial charge in [0.2, 0.25) is 0 Å². The van der Waals surface area contributed by atoms with E-state index in [0.717, 1.165) is 11.8 Å². The van der Waals surface area contributed by atoms with Crippen LogP contribution in [0.15, 0.2) is 43.0 Å². The fraction of sp³-hybridized carbons (Fsp3) is 0.312. The lowest BCUT2D eigenvalue weighted by molar-refractivity contribution is -0.384. The monoisotopic (exact) mass is 329 g/mol. The van der Waals surface area contributed by atoms with Crippen LogP contribution >= 0.6 is 0 Å². The van der Waals surface area contributed by atoms with E-state index in [0.29, 0.717) is 13.0 Å². The fourth-order valence-electron chi connectivity index (χ4n) is 2.55. The number of carbonyl (C=O) groups is 1. The zero-order chi connectivity index (χ0) is 17.5. The fourth-order valence-corrected chi connectivity index (χ4v) is 2.55. The number of nitrogens with zero attached hydrogens (tertiary/aromatic N) is 4. The molecule has 1 atom stereocenters. The van der Waals surface area contributed by atoms with Crippen molar-refractivity contribution in [3.05, 3.63) is 58.7 Å². The summed E-state index contributed by atoms with van der Waals surface area (Å²) < 4.78 is 0. The number of pyridine rings is 2. The number of hydrogen-bond acceptors (Lipinski definition) is 5. The van der Waals surface area contributed by atoms with Crippen molar-refractivity contribution in [2.75, 3.05) is 11.9 Å². The third-order valence-electron chi connectivity index (χ3n) is 3.69. The van der Waals surface area contributed by atoms with E-state index in [2.05, 4.69) is 15.3 Å². The van der Waals surface area contributed by atoms with Crippen molar-refractivity contribution in [2.45, 2.75) is 26.3 Å². The second-order valence-electron chi connectivity index (χ2n) is 5.07. The Morgan fingerprint density at radius 1 is 1.25 bits per heavy atom. The van der Waals surface area contributed by atoms with Gasteiger partial charge in [0.15, 0.2) is 0 Å². The maximum Gasteiger partial charge on any atom is 0.322 e. The first-order chi connectivity index (χ1) is 11.6. The minimum atomic E-state index is -0.570. The molecule has 0 spiro atoms. The summed E-state index contributed by atoms with van der Waals surface area (Å²) in [5.41, 5.74) is 0.857. The molecule has 8 heteroatoms. The van der Waals surface area contributed by atoms with Crippen LogP contribution in [0, 0.1) is 10.1 Å². The first-order valence-electron chi connectivity index (χ1n) is 7.64. The van der Waals surface area contributed by atoms with Crippen molar-refractivity contribution in [3.63, 3.8) is 0 Å². The highest BCUT2D eigenvalue weighted by molar-refractivity contribution is 5.91. The highest BCUT2D eigenvalue weighted by Crippen LogP contribution is 2.26. The number of carbonyl (C=O) groups excluding carboxylic acids is 1. The molecule has 2 aromatic rings. The second-order valence-corrected chi connectivity index (χ2v) is 5.07. The highest BCUT2D eigenvalue weighted by Gasteiger charge is 2.24. The predicted molar refractivity (Wildman–Crippen MR) is 89.6 cm³/mol. The average Bonchev–Trinajstić information content (AvgIpc) is 2.60. The van der Waals surface area contributed by atoms with E-state index in [1.165, 1.54) is 12.3 Å². The lowest BCUT2D eigenvalue weighted by Gasteiger charge is -2.30. The Kier molecular flexibility index (Phi) is 5.78. The molecule has 8 nitrogen and oxygen atoms in total. The molecule has 0 aromatic carbocycles. The van der Waals surface area contributed by atoms with Crippen LogP contribution in [0.25, 0.3) is 0 Å². The Bertz CT molecular complexity index is 708. The molecule has 0 radical (unpaired) electrons. The van der Waals surface area contributed by atoms with Crippen LogP contribution in [0.3, 0.4) is 0 Å². The Morgan fingerprint density at radius 3 is 2.50 bits per heavy atom. The average molecular weight is 329 g/mol. The standard InChI is InChI=1S/C16H19N5O3/c1-3-14(12-5-8-17-9-6-12)20(4-2)16(22)19-13-7-10-18-11-15(13)21(23)24/h5-11,14H,3-4H2,1-2H3,(H,18,19,22)/t14-/m1/s1. The van der Waals surface area contributed by atoms with Crippen molar-refractivity contribution in [2.24, 2.45) is 0 Å². The van der Waals surface area contributed by atoms with Crippen LogP contribution in [0.4, 0.5) is 16.2 Å². The van der Waals surface area contributed by atoms with Crippen LogP contribution in [-0.4, -0.2) is 32.4 Å². The largest absolute Gasteiger partial charge is 0.322 e. The minimum Gasteiger partial charge on any atom is -0.318 e. The predicted octanol–water partition coefficient (Wildman–Crippen LogP) is 3.39. The van der Waals surface area contributed by atoms with Gasteiger partial charge in [-0.15, -0.1) is 0 Å². The van der Waals surface area contributed by atoms with E-state index < -0.39 is 11.0 Å². The summed E-state index contributed by atoms with van der Waals surface area (Å²) in [6.07, 6.45) is 6.59. The molecule has 2 heterocycles. The summed E-state index contributed by atoms with van der Waals surface area (Å²) in [7, 11) is 0. The van der Waals surface area contributed by atoms with E-state index in [9.17, 15) is 14.9 Å². The summed E-state index contributed by atoms with van der Waals surface area (Å²) in [4.78, 5) is 32.5. The van der Waals surface area contributed by atoms with Crippen LogP contribution < -0.4 is 5.32 Å². The van der Waals surface area contributed by atoms with Crippen LogP contribution in [0.1, 0.15) is 31.9 Å². The lowest BCUT2D eigenvalue weighted by atomic mass is 10.0. The number of urea groups is 1. The number of nitrogens with one attached hydrogen (secondary N) is 1. The number of rotatable bonds is 6. The molecule has 0 unspecified atom stereocenters. The minimum absolute atomic E-state index is 0.128. The van der Waals surface area contributed by atoms with Crippen LogP contribution in [0.5, 0.6) is 0 Å². The van der Waals surface area contributed by atoms with E-state index in [4.69, 9.17) is 0 Å². The van der Waals surface area contributed by atoms with Gasteiger partial charge in [0, 0.05) is 25.1 Å². The van der Waals surface area contributed by atoms with E-state index in [1.54, 1.807) is 17.3 Å². The molecular formula is C16H19N5O3. The summed E-state index contributed by atoms with van der Waals surface area (Å²) >= 11 is 0. The second kappa shape index (κ2) is 8.00. The number of hydrogen-bond donors (Lipinski definition) is 1. The van der Waals surface area contributed by atoms with Gasteiger partial charge in [0.05, 0.1) is 11.0 Å². The summed E-state index contributed by atoms with van der Waals surface area (Å²) in [5, 5.41) is 13.7. The van der Waals surface area contributed by atoms with Gasteiger partial charge in [0.25, 0.3) is 0 Å². The molecule has 1 N–H and O–H groups in total. The molecule has 0 aliphatic rings. The van der Waals surface area contributed by atoms with Crippen molar-refractivity contribution >= 4 is 17.4 Å². The topological polar surface area (TPSA) is 101 Å². The summed E-state index contributed by atoms with van der Waals surface area (Å²) in [5.74, 6) is 0. The maximum absolute atomic E-state index is 12.6. The molecule has 2 aromatic heterocycles. The van der Waals surface area contributed by atoms with Gasteiger partial charge in [-0.3, -0.25) is 20.1 Å². The molecule has 0 fully saturated rings. The molecule has 24 heavy (non-hydrogen) atoms. The third kappa shape index (κ3) is 3.83. The molecule has 126 valence electrons. The van der Waals surface area contributed by atoms with Crippen LogP contribution in [0.2, 0.25) is 0 Å². The number of nitro groups is 1. The Hall–Kier alpha value is -3.03. The first kappa shape index (κ1) is 17.3. The SMILES string of the molecule is CC[C@H](c1ccncc1)N(CC)C(=O)Nc1ccncc1[N+](=O)[O-]. The van der Waals surface area contributed by atoms with Gasteiger partial charge >= 0.3 is 11.7 Å². The molecule has 0 saturated carbocycles. The van der Waals surface area contributed by atoms with Gasteiger partial charge < -0.3 is 10.2 Å². The normalized spacial score (nSPS) is 11.6. The van der Waals surface area contributed by atoms with Gasteiger partial charge in [-0.2, -0.15) is 0 Å². The Balaban J connectivity index is 2.24. The molecule has 0 saturated heterocycles. The number of anilines is 1. The van der Waals surface area contributed by atoms with E-state index in [1.807, 2.05) is 26.0 Å². The van der Waals surface area contributed by atoms with Crippen molar-refractivity contribution in [1.29, 1.82) is 0 Å². The van der Waals surface area contributed by atoms with Gasteiger partial charge in [-0.25, -0.2) is 4.79 Å². The lowest BCUT2D eigenvalue weighted by Crippen LogP contribution is -2.38. The smallest absolute Gasteiger partial charge is 0.318 e. The number of aromatic nitrogens is 2. The molecular weight excluding hydrogens is 310 g/mol. The highest BCUT2D eigenvalue weighted by atomic mass is 16.6. The first-order valence-corrected chi connectivity index (χ1v) is 7.64.